The molecule has 0 aromatic heterocycles. The van der Waals surface area contributed by atoms with Gasteiger partial charge < -0.3 is 9.47 Å². The number of carbonyl (C=O) groups excluding carboxylic acids is 3. The van der Waals surface area contributed by atoms with Crippen LogP contribution in [-0.2, 0) is 4.79 Å². The Labute approximate surface area is 243 Å². The van der Waals surface area contributed by atoms with E-state index in [9.17, 15) is 24.5 Å². The summed E-state index contributed by atoms with van der Waals surface area (Å²) in [6.45, 7) is -0.0326. The standard InChI is InChI=1S/C24H10Cl5N3O7/c25-9-2-3-10(11(6-9)32(36)37)30-20(8-1-4-12-13(5-8)39-7-38-12)21(24(30)35)31-22(33)14-15(23(31)34)17(27)19(29)18(28)16(14)26/h1-6,20-21H,7H2/t20-,21+/m1/s1. The number of halogens is 5. The Hall–Kier alpha value is -3.28. The zero-order valence-corrected chi connectivity index (χ0v) is 22.7. The number of nitro groups is 1. The normalized spacial score (nSPS) is 19.5. The average molecular weight is 630 g/mol. The number of β-lactam (4-membered cyclic amide) rings is 1. The smallest absolute Gasteiger partial charge is 0.294 e. The summed E-state index contributed by atoms with van der Waals surface area (Å²) in [6.07, 6.45) is 0. The van der Waals surface area contributed by atoms with E-state index in [2.05, 4.69) is 0 Å². The van der Waals surface area contributed by atoms with E-state index in [4.69, 9.17) is 67.5 Å². The number of hydrogen-bond donors (Lipinski definition) is 0. The summed E-state index contributed by atoms with van der Waals surface area (Å²) in [4.78, 5) is 53.8. The first-order chi connectivity index (χ1) is 18.5. The van der Waals surface area contributed by atoms with Crippen LogP contribution in [0.15, 0.2) is 36.4 Å². The summed E-state index contributed by atoms with van der Waals surface area (Å²) in [7, 11) is 0. The Bertz CT molecular complexity index is 1630. The van der Waals surface area contributed by atoms with E-state index in [-0.39, 0.29) is 48.7 Å². The van der Waals surface area contributed by atoms with Gasteiger partial charge in [0.1, 0.15) is 11.7 Å². The first kappa shape index (κ1) is 26.0. The third kappa shape index (κ3) is 3.66. The topological polar surface area (TPSA) is 119 Å². The molecule has 10 nitrogen and oxygen atoms in total. The lowest BCUT2D eigenvalue weighted by molar-refractivity contribution is -0.384. The van der Waals surface area contributed by atoms with Crippen molar-refractivity contribution in [3.63, 3.8) is 0 Å². The molecule has 6 rings (SSSR count). The SMILES string of the molecule is O=C1c2c(Cl)c(Cl)c(Cl)c(Cl)c2C(=O)N1[C@@H]1C(=O)N(c2ccc(Cl)cc2[N+](=O)[O-])[C@@H]1c1ccc2c(c1)OCO2. The fraction of sp³-hybridized carbons (Fsp3) is 0.125. The Morgan fingerprint density at radius 1 is 0.769 bits per heavy atom. The number of nitrogens with zero attached hydrogens (tertiary/aromatic N) is 3. The van der Waals surface area contributed by atoms with Crippen molar-refractivity contribution in [1.82, 2.24) is 4.90 Å². The quantitative estimate of drug-likeness (QED) is 0.0825. The third-order valence-corrected chi connectivity index (χ3v) is 8.65. The maximum atomic E-state index is 13.7. The Morgan fingerprint density at radius 2 is 1.38 bits per heavy atom. The van der Waals surface area contributed by atoms with Gasteiger partial charge in [0.2, 0.25) is 6.79 Å². The van der Waals surface area contributed by atoms with Gasteiger partial charge >= 0.3 is 0 Å². The van der Waals surface area contributed by atoms with Gasteiger partial charge in [-0.25, -0.2) is 0 Å². The van der Waals surface area contributed by atoms with Gasteiger partial charge in [0.25, 0.3) is 23.4 Å². The molecule has 0 bridgehead atoms. The van der Waals surface area contributed by atoms with Crippen molar-refractivity contribution in [2.45, 2.75) is 12.1 Å². The van der Waals surface area contributed by atoms with Crippen molar-refractivity contribution >= 4 is 87.1 Å². The molecule has 1 fully saturated rings. The highest BCUT2D eigenvalue weighted by Gasteiger charge is 2.59. The van der Waals surface area contributed by atoms with Gasteiger partial charge in [0.15, 0.2) is 11.5 Å². The molecule has 3 aliphatic heterocycles. The van der Waals surface area contributed by atoms with Gasteiger partial charge in [-0.2, -0.15) is 0 Å². The third-order valence-electron chi connectivity index (χ3n) is 6.61. The monoisotopic (exact) mass is 627 g/mol. The van der Waals surface area contributed by atoms with Crippen LogP contribution < -0.4 is 14.4 Å². The molecule has 3 aliphatic rings. The number of rotatable bonds is 4. The van der Waals surface area contributed by atoms with Crippen LogP contribution in [0.1, 0.15) is 32.3 Å². The Kier molecular flexibility index (Phi) is 6.09. The number of hydrogen-bond acceptors (Lipinski definition) is 7. The maximum Gasteiger partial charge on any atom is 0.294 e. The second-order valence-electron chi connectivity index (χ2n) is 8.59. The minimum absolute atomic E-state index is 0.0326. The molecule has 0 spiro atoms. The van der Waals surface area contributed by atoms with Crippen molar-refractivity contribution in [2.75, 3.05) is 11.7 Å². The number of fused-ring (bicyclic) bond motifs is 2. The highest BCUT2D eigenvalue weighted by Crippen LogP contribution is 2.51. The van der Waals surface area contributed by atoms with E-state index in [0.717, 1.165) is 11.0 Å². The highest BCUT2D eigenvalue weighted by molar-refractivity contribution is 6.55. The average Bonchev–Trinajstić information content (AvgIpc) is 3.47. The largest absolute Gasteiger partial charge is 0.454 e. The minimum atomic E-state index is -1.43. The molecule has 0 N–H and O–H groups in total. The lowest BCUT2D eigenvalue weighted by Gasteiger charge is -2.49. The molecule has 3 amide bonds. The van der Waals surface area contributed by atoms with Crippen LogP contribution in [0.2, 0.25) is 25.1 Å². The highest BCUT2D eigenvalue weighted by atomic mass is 35.5. The molecule has 3 aromatic rings. The number of carbonyl (C=O) groups is 3. The van der Waals surface area contributed by atoms with Crippen LogP contribution in [0.5, 0.6) is 11.5 Å². The second kappa shape index (κ2) is 9.14. The summed E-state index contributed by atoms with van der Waals surface area (Å²) in [5.74, 6) is -1.83. The van der Waals surface area contributed by atoms with Gasteiger partial charge in [0, 0.05) is 11.1 Å². The Balaban J connectivity index is 1.51. The first-order valence-electron chi connectivity index (χ1n) is 10.9. The minimum Gasteiger partial charge on any atom is -0.454 e. The van der Waals surface area contributed by atoms with Crippen molar-refractivity contribution in [2.24, 2.45) is 0 Å². The van der Waals surface area contributed by atoms with E-state index >= 15 is 0 Å². The summed E-state index contributed by atoms with van der Waals surface area (Å²) in [6, 6.07) is 6.03. The van der Waals surface area contributed by atoms with E-state index < -0.39 is 40.4 Å². The predicted molar refractivity (Wildman–Crippen MR) is 142 cm³/mol. The van der Waals surface area contributed by atoms with Crippen LogP contribution >= 0.6 is 58.0 Å². The van der Waals surface area contributed by atoms with Gasteiger partial charge in [0.05, 0.1) is 42.2 Å². The number of benzene rings is 3. The number of ether oxygens (including phenoxy) is 2. The van der Waals surface area contributed by atoms with Crippen molar-refractivity contribution in [3.8, 4) is 11.5 Å². The molecule has 15 heteroatoms. The van der Waals surface area contributed by atoms with Crippen molar-refractivity contribution < 1.29 is 28.8 Å². The van der Waals surface area contributed by atoms with Crippen molar-refractivity contribution in [1.29, 1.82) is 0 Å². The number of imide groups is 1. The summed E-state index contributed by atoms with van der Waals surface area (Å²) < 4.78 is 10.8. The molecule has 0 aliphatic carbocycles. The van der Waals surface area contributed by atoms with Gasteiger partial charge in [-0.3, -0.25) is 34.3 Å². The fourth-order valence-corrected chi connectivity index (χ4v) is 6.07. The van der Waals surface area contributed by atoms with Crippen LogP contribution in [-0.4, -0.2) is 40.4 Å². The van der Waals surface area contributed by atoms with E-state index in [1.807, 2.05) is 0 Å². The molecule has 3 heterocycles. The zero-order chi connectivity index (χ0) is 27.9. The van der Waals surface area contributed by atoms with Crippen LogP contribution in [0.25, 0.3) is 0 Å². The Morgan fingerprint density at radius 3 is 2.00 bits per heavy atom. The molecule has 0 saturated carbocycles. The molecule has 198 valence electrons. The molecule has 39 heavy (non-hydrogen) atoms. The van der Waals surface area contributed by atoms with Gasteiger partial charge in [-0.05, 0) is 29.8 Å². The number of anilines is 1. The second-order valence-corrected chi connectivity index (χ2v) is 10.5. The lowest BCUT2D eigenvalue weighted by Crippen LogP contribution is -2.67. The molecule has 3 aromatic carbocycles. The van der Waals surface area contributed by atoms with Crippen LogP contribution in [0.3, 0.4) is 0 Å². The van der Waals surface area contributed by atoms with E-state index in [1.54, 1.807) is 18.2 Å². The van der Waals surface area contributed by atoms with Gasteiger partial charge in [-0.15, -0.1) is 0 Å². The molecular formula is C24H10Cl5N3O7. The van der Waals surface area contributed by atoms with Crippen LogP contribution in [0.4, 0.5) is 11.4 Å². The van der Waals surface area contributed by atoms with E-state index in [1.165, 1.54) is 12.1 Å². The van der Waals surface area contributed by atoms with Crippen LogP contribution in [0, 0.1) is 10.1 Å². The van der Waals surface area contributed by atoms with E-state index in [0.29, 0.717) is 22.0 Å². The maximum absolute atomic E-state index is 13.7. The van der Waals surface area contributed by atoms with Gasteiger partial charge in [-0.1, -0.05) is 64.1 Å². The summed E-state index contributed by atoms with van der Waals surface area (Å²) in [5, 5.41) is 10.9. The molecule has 0 radical (unpaired) electrons. The number of nitro benzene ring substituents is 1. The molecule has 2 atom stereocenters. The lowest BCUT2D eigenvalue weighted by atomic mass is 9.86. The number of amides is 3. The molecule has 0 unspecified atom stereocenters. The first-order valence-corrected chi connectivity index (χ1v) is 12.8. The fourth-order valence-electron chi connectivity index (χ4n) is 4.89. The molecule has 1 saturated heterocycles. The summed E-state index contributed by atoms with van der Waals surface area (Å²) in [5.41, 5.74) is -0.736. The predicted octanol–water partition coefficient (Wildman–Crippen LogP) is 6.34. The molecular weight excluding hydrogens is 620 g/mol. The summed E-state index contributed by atoms with van der Waals surface area (Å²) >= 11 is 30.7. The van der Waals surface area contributed by atoms with Crippen molar-refractivity contribution in [3.05, 3.63) is 88.3 Å². The zero-order valence-electron chi connectivity index (χ0n) is 18.9.